The van der Waals surface area contributed by atoms with Gasteiger partial charge in [-0.3, -0.25) is 0 Å². The lowest BCUT2D eigenvalue weighted by Gasteiger charge is -2.43. The molecule has 4 atom stereocenters. The highest BCUT2D eigenvalue weighted by Gasteiger charge is 2.46. The molecule has 2 saturated heterocycles. The topological polar surface area (TPSA) is 30.9 Å². The fourth-order valence-corrected chi connectivity index (χ4v) is 5.06. The molecule has 1 unspecified atom stereocenters. The van der Waals surface area contributed by atoms with Crippen LogP contribution < -0.4 is 14.2 Å². The molecule has 3 heterocycles. The van der Waals surface area contributed by atoms with Gasteiger partial charge in [0, 0.05) is 24.1 Å². The van der Waals surface area contributed by atoms with E-state index in [9.17, 15) is 4.39 Å². The second-order valence-corrected chi connectivity index (χ2v) is 7.85. The molecule has 2 bridgehead atoms. The van der Waals surface area contributed by atoms with E-state index in [0.717, 1.165) is 23.7 Å². The van der Waals surface area contributed by atoms with Gasteiger partial charge in [-0.15, -0.1) is 0 Å². The third-order valence-electron chi connectivity index (χ3n) is 6.52. The van der Waals surface area contributed by atoms with Crippen LogP contribution in [0.2, 0.25) is 0 Å². The van der Waals surface area contributed by atoms with Gasteiger partial charge < -0.3 is 19.1 Å². The Labute approximate surface area is 158 Å². The number of ether oxygens (including phenoxy) is 3. The van der Waals surface area contributed by atoms with Crippen molar-refractivity contribution >= 4 is 0 Å². The first-order valence-electron chi connectivity index (χ1n) is 9.69. The number of rotatable bonds is 4. The smallest absolute Gasteiger partial charge is 0.231 e. The van der Waals surface area contributed by atoms with Gasteiger partial charge in [-0.2, -0.15) is 0 Å². The van der Waals surface area contributed by atoms with E-state index in [0.29, 0.717) is 30.5 Å². The van der Waals surface area contributed by atoms with E-state index in [1.807, 2.05) is 30.3 Å². The molecule has 3 aliphatic heterocycles. The Balaban J connectivity index is 1.37. The third kappa shape index (κ3) is 3.04. The SMILES string of the molecule is CN1C2CC[C@@H]1[C@@H](COc1ccc3c(c1)OCO3)[C@@H](c1ccc(F)cc1)C2. The van der Waals surface area contributed by atoms with Crippen molar-refractivity contribution in [3.05, 3.63) is 53.8 Å². The van der Waals surface area contributed by atoms with E-state index in [-0.39, 0.29) is 12.6 Å². The monoisotopic (exact) mass is 369 g/mol. The summed E-state index contributed by atoms with van der Waals surface area (Å²) < 4.78 is 30.4. The maximum absolute atomic E-state index is 13.4. The number of halogens is 1. The van der Waals surface area contributed by atoms with Crippen molar-refractivity contribution in [3.63, 3.8) is 0 Å². The van der Waals surface area contributed by atoms with Gasteiger partial charge in [0.05, 0.1) is 6.61 Å². The molecule has 0 aromatic heterocycles. The maximum Gasteiger partial charge on any atom is 0.231 e. The molecule has 5 heteroatoms. The maximum atomic E-state index is 13.4. The molecule has 0 spiro atoms. The molecular formula is C22H24FNO3. The second-order valence-electron chi connectivity index (χ2n) is 7.85. The van der Waals surface area contributed by atoms with E-state index in [1.165, 1.54) is 18.4 Å². The molecule has 0 saturated carbocycles. The Morgan fingerprint density at radius 1 is 1.07 bits per heavy atom. The molecule has 27 heavy (non-hydrogen) atoms. The molecule has 0 amide bonds. The zero-order chi connectivity index (χ0) is 18.4. The zero-order valence-electron chi connectivity index (χ0n) is 15.4. The Bertz CT molecular complexity index is 825. The molecule has 142 valence electrons. The van der Waals surface area contributed by atoms with Crippen molar-refractivity contribution in [1.82, 2.24) is 4.90 Å². The van der Waals surface area contributed by atoms with Crippen molar-refractivity contribution < 1.29 is 18.6 Å². The molecule has 2 fully saturated rings. The van der Waals surface area contributed by atoms with Gasteiger partial charge in [0.25, 0.3) is 0 Å². The van der Waals surface area contributed by atoms with E-state index in [1.54, 1.807) is 12.1 Å². The largest absolute Gasteiger partial charge is 0.493 e. The van der Waals surface area contributed by atoms with Gasteiger partial charge in [0.15, 0.2) is 11.5 Å². The molecule has 0 aliphatic carbocycles. The Morgan fingerprint density at radius 2 is 1.89 bits per heavy atom. The van der Waals surface area contributed by atoms with Gasteiger partial charge in [0.2, 0.25) is 6.79 Å². The Hall–Kier alpha value is -2.27. The summed E-state index contributed by atoms with van der Waals surface area (Å²) in [4.78, 5) is 2.52. The van der Waals surface area contributed by atoms with Crippen molar-refractivity contribution in [2.24, 2.45) is 5.92 Å². The van der Waals surface area contributed by atoms with Gasteiger partial charge in [-0.1, -0.05) is 12.1 Å². The molecule has 5 rings (SSSR count). The van der Waals surface area contributed by atoms with Crippen LogP contribution in [0.1, 0.15) is 30.7 Å². The van der Waals surface area contributed by atoms with Crippen molar-refractivity contribution in [2.45, 2.75) is 37.3 Å². The van der Waals surface area contributed by atoms with E-state index in [4.69, 9.17) is 14.2 Å². The van der Waals surface area contributed by atoms with Crippen LogP contribution in [-0.4, -0.2) is 37.4 Å². The zero-order valence-corrected chi connectivity index (χ0v) is 15.4. The third-order valence-corrected chi connectivity index (χ3v) is 6.52. The van der Waals surface area contributed by atoms with Crippen LogP contribution in [0.15, 0.2) is 42.5 Å². The Kier molecular flexibility index (Phi) is 4.20. The summed E-state index contributed by atoms with van der Waals surface area (Å²) in [7, 11) is 2.23. The molecule has 3 aliphatic rings. The summed E-state index contributed by atoms with van der Waals surface area (Å²) in [6.45, 7) is 0.908. The summed E-state index contributed by atoms with van der Waals surface area (Å²) in [5.74, 6) is 2.91. The van der Waals surface area contributed by atoms with Crippen molar-refractivity contribution in [3.8, 4) is 17.2 Å². The van der Waals surface area contributed by atoms with Gasteiger partial charge in [-0.25, -0.2) is 4.39 Å². The minimum atomic E-state index is -0.178. The average Bonchev–Trinajstić information content (AvgIpc) is 3.23. The summed E-state index contributed by atoms with van der Waals surface area (Å²) in [6.07, 6.45) is 3.54. The molecule has 0 N–H and O–H groups in total. The first-order valence-corrected chi connectivity index (χ1v) is 9.69. The number of piperidine rings is 1. The predicted molar refractivity (Wildman–Crippen MR) is 99.9 cm³/mol. The number of benzene rings is 2. The lowest BCUT2D eigenvalue weighted by Crippen LogP contribution is -2.47. The minimum Gasteiger partial charge on any atom is -0.493 e. The Morgan fingerprint density at radius 3 is 2.74 bits per heavy atom. The van der Waals surface area contributed by atoms with Crippen LogP contribution in [0.25, 0.3) is 0 Å². The van der Waals surface area contributed by atoms with Crippen LogP contribution >= 0.6 is 0 Å². The summed E-state index contributed by atoms with van der Waals surface area (Å²) >= 11 is 0. The minimum absolute atomic E-state index is 0.178. The summed E-state index contributed by atoms with van der Waals surface area (Å²) in [6, 6.07) is 13.9. The van der Waals surface area contributed by atoms with Crippen LogP contribution in [0, 0.1) is 11.7 Å². The molecule has 2 aromatic carbocycles. The van der Waals surface area contributed by atoms with Crippen LogP contribution in [-0.2, 0) is 0 Å². The van der Waals surface area contributed by atoms with Crippen molar-refractivity contribution in [2.75, 3.05) is 20.4 Å². The van der Waals surface area contributed by atoms with Crippen LogP contribution in [0.5, 0.6) is 17.2 Å². The van der Waals surface area contributed by atoms with Crippen molar-refractivity contribution in [1.29, 1.82) is 0 Å². The lowest BCUT2D eigenvalue weighted by atomic mass is 9.76. The lowest BCUT2D eigenvalue weighted by molar-refractivity contribution is 0.0665. The van der Waals surface area contributed by atoms with Gasteiger partial charge >= 0.3 is 0 Å². The molecule has 2 aromatic rings. The number of hydrogen-bond donors (Lipinski definition) is 0. The van der Waals surface area contributed by atoms with Gasteiger partial charge in [-0.05, 0) is 62.1 Å². The molecule has 0 radical (unpaired) electrons. The summed E-state index contributed by atoms with van der Waals surface area (Å²) in [5, 5.41) is 0. The molecular weight excluding hydrogens is 345 g/mol. The first kappa shape index (κ1) is 16.9. The predicted octanol–water partition coefficient (Wildman–Crippen LogP) is 4.20. The standard InChI is InChI=1S/C22H24FNO3/c1-24-16-6-8-20(24)19(18(10-16)14-2-4-15(23)5-3-14)12-25-17-7-9-21-22(11-17)27-13-26-21/h2-5,7,9,11,16,18-20H,6,8,10,12-13H2,1H3/t16?,18-,19+,20-/m1/s1. The highest BCUT2D eigenvalue weighted by molar-refractivity contribution is 5.46. The number of hydrogen-bond acceptors (Lipinski definition) is 4. The first-order chi connectivity index (χ1) is 13.2. The highest BCUT2D eigenvalue weighted by Crippen LogP contribution is 2.46. The van der Waals surface area contributed by atoms with Gasteiger partial charge in [0.1, 0.15) is 11.6 Å². The fourth-order valence-electron chi connectivity index (χ4n) is 5.06. The van der Waals surface area contributed by atoms with E-state index < -0.39 is 0 Å². The molecule has 4 nitrogen and oxygen atoms in total. The van der Waals surface area contributed by atoms with Crippen LogP contribution in [0.3, 0.4) is 0 Å². The van der Waals surface area contributed by atoms with E-state index in [2.05, 4.69) is 11.9 Å². The second kappa shape index (κ2) is 6.71. The number of nitrogens with zero attached hydrogens (tertiary/aromatic N) is 1. The quantitative estimate of drug-likeness (QED) is 0.808. The van der Waals surface area contributed by atoms with E-state index >= 15 is 0 Å². The number of fused-ring (bicyclic) bond motifs is 3. The normalized spacial score (nSPS) is 29.1. The highest BCUT2D eigenvalue weighted by atomic mass is 19.1. The van der Waals surface area contributed by atoms with Crippen LogP contribution in [0.4, 0.5) is 4.39 Å². The average molecular weight is 369 g/mol. The fraction of sp³-hybridized carbons (Fsp3) is 0.455. The summed E-state index contributed by atoms with van der Waals surface area (Å²) in [5.41, 5.74) is 1.22.